The van der Waals surface area contributed by atoms with Crippen molar-refractivity contribution in [3.8, 4) is 0 Å². The van der Waals surface area contributed by atoms with Crippen LogP contribution in [0, 0.1) is 6.92 Å². The highest BCUT2D eigenvalue weighted by Crippen LogP contribution is 2.37. The summed E-state index contributed by atoms with van der Waals surface area (Å²) in [7, 11) is 0. The summed E-state index contributed by atoms with van der Waals surface area (Å²) in [6.07, 6.45) is 4.51. The molecule has 2 aliphatic rings. The molecule has 208 valence electrons. The fourth-order valence-electron chi connectivity index (χ4n) is 6.17. The van der Waals surface area contributed by atoms with Crippen LogP contribution in [0.15, 0.2) is 91.0 Å². The standard InChI is InChI=1S/C35H35N3O3/c1-24-17-19-26(20-18-24)22-37(31(21-25-9-3-2-4-10-25)34(40)36-28-13-5-6-14-28)32(39)23-38-30-16-8-12-27-11-7-15-29(33(27)30)35(38)41/h2-4,7-12,15-20,28,31H,5-6,13-14,21-23H2,1H3,(H,36,40). The first-order chi connectivity index (χ1) is 20.0. The van der Waals surface area contributed by atoms with Gasteiger partial charge in [0.15, 0.2) is 0 Å². The molecule has 6 nitrogen and oxygen atoms in total. The van der Waals surface area contributed by atoms with Crippen LogP contribution in [0.25, 0.3) is 10.8 Å². The van der Waals surface area contributed by atoms with Crippen molar-refractivity contribution in [2.45, 2.75) is 57.7 Å². The summed E-state index contributed by atoms with van der Waals surface area (Å²) < 4.78 is 0. The van der Waals surface area contributed by atoms with Crippen molar-refractivity contribution in [1.29, 1.82) is 0 Å². The molecule has 4 aromatic carbocycles. The summed E-state index contributed by atoms with van der Waals surface area (Å²) in [5, 5.41) is 5.09. The second kappa shape index (κ2) is 11.6. The molecule has 41 heavy (non-hydrogen) atoms. The van der Waals surface area contributed by atoms with E-state index in [9.17, 15) is 14.4 Å². The van der Waals surface area contributed by atoms with Crippen LogP contribution in [0.1, 0.15) is 52.7 Å². The summed E-state index contributed by atoms with van der Waals surface area (Å²) in [5.74, 6) is -0.582. The summed E-state index contributed by atoms with van der Waals surface area (Å²) in [5.41, 5.74) is 4.39. The van der Waals surface area contributed by atoms with Crippen molar-refractivity contribution in [1.82, 2.24) is 10.2 Å². The van der Waals surface area contributed by atoms with Gasteiger partial charge in [0.05, 0.1) is 5.69 Å². The van der Waals surface area contributed by atoms with Crippen LogP contribution in [0.2, 0.25) is 0 Å². The van der Waals surface area contributed by atoms with E-state index in [1.807, 2.05) is 97.9 Å². The van der Waals surface area contributed by atoms with Crippen molar-refractivity contribution >= 4 is 34.2 Å². The second-order valence-electron chi connectivity index (χ2n) is 11.3. The molecule has 0 radical (unpaired) electrons. The van der Waals surface area contributed by atoms with Crippen LogP contribution < -0.4 is 10.2 Å². The summed E-state index contributed by atoms with van der Waals surface area (Å²) in [6, 6.07) is 28.7. The van der Waals surface area contributed by atoms with Gasteiger partial charge in [0.2, 0.25) is 11.8 Å². The molecule has 3 amide bonds. The first-order valence-electron chi connectivity index (χ1n) is 14.5. The number of hydrogen-bond acceptors (Lipinski definition) is 3. The summed E-state index contributed by atoms with van der Waals surface area (Å²) in [6.45, 7) is 2.16. The molecule has 1 saturated carbocycles. The van der Waals surface area contributed by atoms with Gasteiger partial charge in [0.1, 0.15) is 12.6 Å². The van der Waals surface area contributed by atoms with Gasteiger partial charge in [-0.1, -0.05) is 97.3 Å². The van der Waals surface area contributed by atoms with E-state index >= 15 is 0 Å². The number of nitrogens with one attached hydrogen (secondary N) is 1. The van der Waals surface area contributed by atoms with Gasteiger partial charge < -0.3 is 10.2 Å². The van der Waals surface area contributed by atoms with E-state index in [2.05, 4.69) is 5.32 Å². The first kappa shape index (κ1) is 26.8. The molecule has 6 heteroatoms. The van der Waals surface area contributed by atoms with E-state index < -0.39 is 6.04 Å². The molecule has 1 unspecified atom stereocenters. The van der Waals surface area contributed by atoms with E-state index in [-0.39, 0.29) is 36.9 Å². The summed E-state index contributed by atoms with van der Waals surface area (Å²) >= 11 is 0. The highest BCUT2D eigenvalue weighted by atomic mass is 16.2. The van der Waals surface area contributed by atoms with Gasteiger partial charge in [-0.2, -0.15) is 0 Å². The van der Waals surface area contributed by atoms with Gasteiger partial charge in [-0.25, -0.2) is 0 Å². The Bertz CT molecular complexity index is 1570. The van der Waals surface area contributed by atoms with Crippen LogP contribution in [0.4, 0.5) is 5.69 Å². The van der Waals surface area contributed by atoms with Gasteiger partial charge in [-0.05, 0) is 48.4 Å². The average Bonchev–Trinajstić information content (AvgIpc) is 3.60. The van der Waals surface area contributed by atoms with Crippen molar-refractivity contribution in [3.63, 3.8) is 0 Å². The normalized spacial score (nSPS) is 15.3. The Balaban J connectivity index is 1.34. The van der Waals surface area contributed by atoms with E-state index in [0.29, 0.717) is 12.0 Å². The number of aryl methyl sites for hydroxylation is 1. The second-order valence-corrected chi connectivity index (χ2v) is 11.3. The van der Waals surface area contributed by atoms with E-state index in [0.717, 1.165) is 58.8 Å². The lowest BCUT2D eigenvalue weighted by Crippen LogP contribution is -2.54. The number of anilines is 1. The Kier molecular flexibility index (Phi) is 7.55. The zero-order valence-corrected chi connectivity index (χ0v) is 23.4. The number of carbonyl (C=O) groups excluding carboxylic acids is 3. The topological polar surface area (TPSA) is 69.7 Å². The highest BCUT2D eigenvalue weighted by Gasteiger charge is 2.36. The lowest BCUT2D eigenvalue weighted by molar-refractivity contribution is -0.140. The zero-order valence-electron chi connectivity index (χ0n) is 23.4. The minimum Gasteiger partial charge on any atom is -0.352 e. The van der Waals surface area contributed by atoms with E-state index in [1.165, 1.54) is 0 Å². The fraction of sp³-hybridized carbons (Fsp3) is 0.286. The third-order valence-corrected chi connectivity index (χ3v) is 8.39. The molecule has 0 aromatic heterocycles. The number of rotatable bonds is 9. The largest absolute Gasteiger partial charge is 0.352 e. The molecule has 1 aliphatic heterocycles. The third-order valence-electron chi connectivity index (χ3n) is 8.39. The molecular weight excluding hydrogens is 510 g/mol. The number of amides is 3. The maximum Gasteiger partial charge on any atom is 0.259 e. The fourth-order valence-corrected chi connectivity index (χ4v) is 6.17. The molecule has 6 rings (SSSR count). The Morgan fingerprint density at radius 2 is 1.59 bits per heavy atom. The smallest absolute Gasteiger partial charge is 0.259 e. The zero-order chi connectivity index (χ0) is 28.3. The Hall–Kier alpha value is -4.45. The summed E-state index contributed by atoms with van der Waals surface area (Å²) in [4.78, 5) is 45.0. The van der Waals surface area contributed by atoms with Crippen LogP contribution in [-0.4, -0.2) is 41.2 Å². The molecular formula is C35H35N3O3. The SMILES string of the molecule is Cc1ccc(CN(C(=O)CN2C(=O)c3cccc4cccc2c34)C(Cc2ccccc2)C(=O)NC2CCCC2)cc1. The Morgan fingerprint density at radius 3 is 2.32 bits per heavy atom. The van der Waals surface area contributed by atoms with Crippen LogP contribution >= 0.6 is 0 Å². The predicted molar refractivity (Wildman–Crippen MR) is 162 cm³/mol. The van der Waals surface area contributed by atoms with Gasteiger partial charge in [-0.15, -0.1) is 0 Å². The van der Waals surface area contributed by atoms with Crippen LogP contribution in [0.5, 0.6) is 0 Å². The Morgan fingerprint density at radius 1 is 0.878 bits per heavy atom. The van der Waals surface area contributed by atoms with Crippen LogP contribution in [-0.2, 0) is 22.6 Å². The highest BCUT2D eigenvalue weighted by molar-refractivity contribution is 6.26. The van der Waals surface area contributed by atoms with Gasteiger partial charge >= 0.3 is 0 Å². The van der Waals surface area contributed by atoms with Gasteiger partial charge in [-0.3, -0.25) is 19.3 Å². The molecule has 1 heterocycles. The van der Waals surface area contributed by atoms with E-state index in [1.54, 1.807) is 9.80 Å². The number of carbonyl (C=O) groups is 3. The molecule has 0 spiro atoms. The quantitative estimate of drug-likeness (QED) is 0.289. The molecule has 4 aromatic rings. The molecule has 1 aliphatic carbocycles. The van der Waals surface area contributed by atoms with Crippen LogP contribution in [0.3, 0.4) is 0 Å². The number of hydrogen-bond donors (Lipinski definition) is 1. The van der Waals surface area contributed by atoms with Crippen molar-refractivity contribution in [2.75, 3.05) is 11.4 Å². The first-order valence-corrected chi connectivity index (χ1v) is 14.5. The van der Waals surface area contributed by atoms with E-state index in [4.69, 9.17) is 0 Å². The minimum absolute atomic E-state index is 0.129. The molecule has 1 N–H and O–H groups in total. The Labute approximate surface area is 241 Å². The van der Waals surface area contributed by atoms with Gasteiger partial charge in [0.25, 0.3) is 5.91 Å². The maximum absolute atomic E-state index is 14.3. The number of nitrogens with zero attached hydrogens (tertiary/aromatic N) is 2. The lowest BCUT2D eigenvalue weighted by atomic mass is 10.0. The molecule has 1 atom stereocenters. The third kappa shape index (κ3) is 5.60. The minimum atomic E-state index is -0.720. The monoisotopic (exact) mass is 545 g/mol. The molecule has 0 saturated heterocycles. The maximum atomic E-state index is 14.3. The average molecular weight is 546 g/mol. The molecule has 1 fully saturated rings. The van der Waals surface area contributed by atoms with Crippen molar-refractivity contribution in [2.24, 2.45) is 0 Å². The van der Waals surface area contributed by atoms with Crippen molar-refractivity contribution in [3.05, 3.63) is 113 Å². The lowest BCUT2D eigenvalue weighted by Gasteiger charge is -2.33. The number of benzene rings is 4. The van der Waals surface area contributed by atoms with Crippen molar-refractivity contribution < 1.29 is 14.4 Å². The van der Waals surface area contributed by atoms with Gasteiger partial charge in [0, 0.05) is 30.0 Å². The molecule has 0 bridgehead atoms. The predicted octanol–water partition coefficient (Wildman–Crippen LogP) is 5.81.